The molecule has 1 fully saturated rings. The molecule has 1 rings (SSSR count). The fraction of sp³-hybridized carbons (Fsp3) is 0.875. The molecule has 1 aliphatic heterocycles. The van der Waals surface area contributed by atoms with Crippen molar-refractivity contribution >= 4 is 18.3 Å². The molecule has 0 radical (unpaired) electrons. The van der Waals surface area contributed by atoms with Crippen LogP contribution in [0.2, 0.25) is 0 Å². The highest BCUT2D eigenvalue weighted by molar-refractivity contribution is 5.85. The minimum absolute atomic E-state index is 0. The summed E-state index contributed by atoms with van der Waals surface area (Å²) < 4.78 is 36.1. The van der Waals surface area contributed by atoms with Crippen LogP contribution in [0.1, 0.15) is 6.92 Å². The number of alkyl halides is 3. The first-order valence-electron chi connectivity index (χ1n) is 4.46. The molecule has 1 unspecified atom stereocenters. The number of halogens is 4. The summed E-state index contributed by atoms with van der Waals surface area (Å²) >= 11 is 0. The maximum Gasteiger partial charge on any atom is 0.400 e. The Morgan fingerprint density at radius 2 is 2.07 bits per heavy atom. The van der Waals surface area contributed by atoms with Gasteiger partial charge < -0.3 is 10.6 Å². The molecule has 0 aromatic heterocycles. The van der Waals surface area contributed by atoms with Gasteiger partial charge in [-0.3, -0.25) is 4.79 Å². The van der Waals surface area contributed by atoms with Gasteiger partial charge in [-0.05, 0) is 6.92 Å². The van der Waals surface area contributed by atoms with Crippen molar-refractivity contribution in [3.8, 4) is 0 Å². The van der Waals surface area contributed by atoms with Gasteiger partial charge in [-0.25, -0.2) is 0 Å². The van der Waals surface area contributed by atoms with Crippen LogP contribution in [0.25, 0.3) is 0 Å². The molecule has 1 amide bonds. The minimum atomic E-state index is -4.44. The van der Waals surface area contributed by atoms with Crippen molar-refractivity contribution in [1.29, 1.82) is 0 Å². The molecule has 1 saturated heterocycles. The third-order valence-electron chi connectivity index (χ3n) is 2.32. The second kappa shape index (κ2) is 5.55. The van der Waals surface area contributed by atoms with Crippen LogP contribution in [-0.4, -0.2) is 31.7 Å². The minimum Gasteiger partial charge on any atom is -0.355 e. The van der Waals surface area contributed by atoms with Crippen LogP contribution in [0, 0.1) is 11.8 Å². The first-order valence-corrected chi connectivity index (χ1v) is 4.46. The highest BCUT2D eigenvalue weighted by atomic mass is 35.5. The van der Waals surface area contributed by atoms with Crippen molar-refractivity contribution in [3.63, 3.8) is 0 Å². The topological polar surface area (TPSA) is 41.1 Å². The quantitative estimate of drug-likeness (QED) is 0.778. The molecule has 0 aromatic rings. The summed E-state index contributed by atoms with van der Waals surface area (Å²) in [5, 5.41) is 5.26. The molecule has 90 valence electrons. The van der Waals surface area contributed by atoms with Gasteiger partial charge in [0.25, 0.3) is 0 Å². The maximum atomic E-state index is 12.0. The standard InChI is InChI=1S/C8H13F3N2O.ClH/c1-5(8(9,10)11)7(14)13-4-6-2-12-3-6;/h5-6,12H,2-4H2,1H3,(H,13,14);1H. The maximum absolute atomic E-state index is 12.0. The van der Waals surface area contributed by atoms with Crippen molar-refractivity contribution in [2.24, 2.45) is 11.8 Å². The Morgan fingerprint density at radius 3 is 2.40 bits per heavy atom. The van der Waals surface area contributed by atoms with E-state index in [0.717, 1.165) is 20.0 Å². The Hall–Kier alpha value is -0.490. The number of nitrogens with one attached hydrogen (secondary N) is 2. The Morgan fingerprint density at radius 1 is 1.53 bits per heavy atom. The van der Waals surface area contributed by atoms with Gasteiger partial charge in [0.05, 0.1) is 0 Å². The number of hydrogen-bond donors (Lipinski definition) is 2. The van der Waals surface area contributed by atoms with Crippen LogP contribution in [-0.2, 0) is 4.79 Å². The molecule has 0 saturated carbocycles. The number of carbonyl (C=O) groups excluding carboxylic acids is 1. The zero-order valence-corrected chi connectivity index (χ0v) is 9.04. The third kappa shape index (κ3) is 4.25. The monoisotopic (exact) mass is 246 g/mol. The van der Waals surface area contributed by atoms with Gasteiger partial charge in [-0.2, -0.15) is 13.2 Å². The number of rotatable bonds is 3. The van der Waals surface area contributed by atoms with E-state index in [0.29, 0.717) is 6.54 Å². The fourth-order valence-corrected chi connectivity index (χ4v) is 1.04. The average molecular weight is 247 g/mol. The first kappa shape index (κ1) is 14.5. The van der Waals surface area contributed by atoms with Crippen molar-refractivity contribution in [2.45, 2.75) is 13.1 Å². The zero-order chi connectivity index (χ0) is 10.8. The van der Waals surface area contributed by atoms with E-state index in [9.17, 15) is 18.0 Å². The SMILES string of the molecule is CC(C(=O)NCC1CNC1)C(F)(F)F.Cl. The van der Waals surface area contributed by atoms with Crippen molar-refractivity contribution < 1.29 is 18.0 Å². The Kier molecular flexibility index (Phi) is 5.37. The largest absolute Gasteiger partial charge is 0.400 e. The molecule has 0 spiro atoms. The van der Waals surface area contributed by atoms with E-state index in [4.69, 9.17) is 0 Å². The van der Waals surface area contributed by atoms with Crippen LogP contribution < -0.4 is 10.6 Å². The summed E-state index contributed by atoms with van der Waals surface area (Å²) in [5.74, 6) is -2.58. The van der Waals surface area contributed by atoms with Gasteiger partial charge in [0.15, 0.2) is 0 Å². The molecular weight excluding hydrogens is 233 g/mol. The summed E-state index contributed by atoms with van der Waals surface area (Å²) in [7, 11) is 0. The molecule has 0 aromatic carbocycles. The normalized spacial score (nSPS) is 18.7. The molecule has 7 heteroatoms. The van der Waals surface area contributed by atoms with Crippen LogP contribution in [0.4, 0.5) is 13.2 Å². The lowest BCUT2D eigenvalue weighted by Gasteiger charge is -2.27. The molecule has 3 nitrogen and oxygen atoms in total. The van der Waals surface area contributed by atoms with E-state index in [1.165, 1.54) is 0 Å². The Bertz CT molecular complexity index is 218. The fourth-order valence-electron chi connectivity index (χ4n) is 1.04. The second-order valence-electron chi connectivity index (χ2n) is 3.53. The smallest absolute Gasteiger partial charge is 0.355 e. The molecule has 0 aliphatic carbocycles. The molecule has 0 bridgehead atoms. The summed E-state index contributed by atoms with van der Waals surface area (Å²) in [4.78, 5) is 11.0. The van der Waals surface area contributed by atoms with Gasteiger partial charge in [-0.1, -0.05) is 0 Å². The van der Waals surface area contributed by atoms with E-state index in [1.54, 1.807) is 0 Å². The second-order valence-corrected chi connectivity index (χ2v) is 3.53. The summed E-state index contributed by atoms with van der Waals surface area (Å²) in [6.45, 7) is 2.72. The first-order chi connectivity index (χ1) is 6.41. The van der Waals surface area contributed by atoms with Gasteiger partial charge in [0, 0.05) is 25.6 Å². The van der Waals surface area contributed by atoms with Crippen LogP contribution in [0.5, 0.6) is 0 Å². The summed E-state index contributed by atoms with van der Waals surface area (Å²) in [5.41, 5.74) is 0. The van der Waals surface area contributed by atoms with Crippen molar-refractivity contribution in [3.05, 3.63) is 0 Å². The van der Waals surface area contributed by atoms with Gasteiger partial charge in [-0.15, -0.1) is 12.4 Å². The van der Waals surface area contributed by atoms with Gasteiger partial charge >= 0.3 is 6.18 Å². The number of carbonyl (C=O) groups is 1. The highest BCUT2D eigenvalue weighted by Gasteiger charge is 2.41. The van der Waals surface area contributed by atoms with Gasteiger partial charge in [0.1, 0.15) is 5.92 Å². The lowest BCUT2D eigenvalue weighted by molar-refractivity contribution is -0.178. The van der Waals surface area contributed by atoms with Crippen molar-refractivity contribution in [2.75, 3.05) is 19.6 Å². The van der Waals surface area contributed by atoms with Crippen LogP contribution >= 0.6 is 12.4 Å². The lowest BCUT2D eigenvalue weighted by Crippen LogP contribution is -2.49. The third-order valence-corrected chi connectivity index (χ3v) is 2.32. The highest BCUT2D eigenvalue weighted by Crippen LogP contribution is 2.25. The van der Waals surface area contributed by atoms with E-state index in [1.807, 2.05) is 0 Å². The van der Waals surface area contributed by atoms with E-state index in [2.05, 4.69) is 10.6 Å². The summed E-state index contributed by atoms with van der Waals surface area (Å²) in [6, 6.07) is 0. The molecular formula is C8H14ClF3N2O. The molecule has 1 aliphatic rings. The Balaban J connectivity index is 0.00000196. The molecule has 1 atom stereocenters. The predicted molar refractivity (Wildman–Crippen MR) is 51.8 cm³/mol. The number of amides is 1. The zero-order valence-electron chi connectivity index (χ0n) is 8.23. The summed E-state index contributed by atoms with van der Waals surface area (Å²) in [6.07, 6.45) is -4.44. The predicted octanol–water partition coefficient (Wildman–Crippen LogP) is 0.942. The lowest BCUT2D eigenvalue weighted by atomic mass is 10.0. The molecule has 15 heavy (non-hydrogen) atoms. The van der Waals surface area contributed by atoms with E-state index in [-0.39, 0.29) is 18.3 Å². The van der Waals surface area contributed by atoms with Crippen LogP contribution in [0.3, 0.4) is 0 Å². The molecule has 2 N–H and O–H groups in total. The van der Waals surface area contributed by atoms with E-state index >= 15 is 0 Å². The molecule has 1 heterocycles. The van der Waals surface area contributed by atoms with Crippen molar-refractivity contribution in [1.82, 2.24) is 10.6 Å². The van der Waals surface area contributed by atoms with Gasteiger partial charge in [0.2, 0.25) is 5.91 Å². The van der Waals surface area contributed by atoms with Crippen LogP contribution in [0.15, 0.2) is 0 Å². The average Bonchev–Trinajstić information content (AvgIpc) is 1.98. The Labute approximate surface area is 92.2 Å². The number of hydrogen-bond acceptors (Lipinski definition) is 2. The van der Waals surface area contributed by atoms with E-state index < -0.39 is 18.0 Å².